The van der Waals surface area contributed by atoms with Crippen LogP contribution in [-0.2, 0) is 0 Å². The van der Waals surface area contributed by atoms with Crippen molar-refractivity contribution in [2.24, 2.45) is 0 Å². The highest BCUT2D eigenvalue weighted by molar-refractivity contribution is 6.23. The first-order chi connectivity index (χ1) is 10.8. The summed E-state index contributed by atoms with van der Waals surface area (Å²) in [6.07, 6.45) is 0. The normalized spacial score (nSPS) is 12.5. The van der Waals surface area contributed by atoms with Crippen LogP contribution in [0.1, 0.15) is 25.3 Å². The van der Waals surface area contributed by atoms with E-state index in [1.54, 1.807) is 0 Å². The van der Waals surface area contributed by atoms with Crippen LogP contribution in [0.5, 0.6) is 0 Å². The summed E-state index contributed by atoms with van der Waals surface area (Å²) in [6, 6.07) is 22.3. The van der Waals surface area contributed by atoms with Gasteiger partial charge in [-0.05, 0) is 29.7 Å². The summed E-state index contributed by atoms with van der Waals surface area (Å²) in [7, 11) is 0. The third kappa shape index (κ3) is 1.34. The molecule has 5 aromatic rings. The van der Waals surface area contributed by atoms with E-state index >= 15 is 0 Å². The topological polar surface area (TPSA) is 4.41 Å². The van der Waals surface area contributed by atoms with Gasteiger partial charge in [0.05, 0.1) is 16.6 Å². The molecule has 0 saturated carbocycles. The predicted octanol–water partition coefficient (Wildman–Crippen LogP) is 5.96. The average Bonchev–Trinajstić information content (AvgIpc) is 3.06. The van der Waals surface area contributed by atoms with E-state index in [1.807, 2.05) is 0 Å². The molecule has 2 aromatic heterocycles. The lowest BCUT2D eigenvalue weighted by Crippen LogP contribution is -1.87. The van der Waals surface area contributed by atoms with Gasteiger partial charge in [-0.1, -0.05) is 56.3 Å². The van der Waals surface area contributed by atoms with E-state index in [1.165, 1.54) is 43.7 Å². The Balaban J connectivity index is 2.12. The van der Waals surface area contributed by atoms with Crippen molar-refractivity contribution >= 4 is 38.1 Å². The molecule has 5 rings (SSSR count). The van der Waals surface area contributed by atoms with Crippen molar-refractivity contribution in [2.45, 2.75) is 19.8 Å². The summed E-state index contributed by atoms with van der Waals surface area (Å²) in [4.78, 5) is 0. The molecule has 22 heavy (non-hydrogen) atoms. The van der Waals surface area contributed by atoms with Crippen molar-refractivity contribution in [3.05, 3.63) is 66.2 Å². The summed E-state index contributed by atoms with van der Waals surface area (Å²) >= 11 is 0. The molecule has 0 N–H and O–H groups in total. The summed E-state index contributed by atoms with van der Waals surface area (Å²) in [5, 5.41) is 5.44. The van der Waals surface area contributed by atoms with Crippen molar-refractivity contribution in [1.82, 2.24) is 4.40 Å². The number of fused-ring (bicyclic) bond motifs is 6. The Hall–Kier alpha value is -2.54. The minimum Gasteiger partial charge on any atom is -0.308 e. The van der Waals surface area contributed by atoms with Crippen molar-refractivity contribution in [2.75, 3.05) is 0 Å². The molecule has 0 aliphatic carbocycles. The van der Waals surface area contributed by atoms with E-state index in [-0.39, 0.29) is 0 Å². The van der Waals surface area contributed by atoms with Crippen molar-refractivity contribution in [3.8, 4) is 0 Å². The number of rotatable bonds is 1. The maximum absolute atomic E-state index is 2.43. The minimum atomic E-state index is 0.557. The van der Waals surface area contributed by atoms with Gasteiger partial charge in [-0.15, -0.1) is 0 Å². The lowest BCUT2D eigenvalue weighted by atomic mass is 10.00. The molecular formula is C21H17N. The van der Waals surface area contributed by atoms with Crippen LogP contribution in [0.4, 0.5) is 0 Å². The monoisotopic (exact) mass is 283 g/mol. The first kappa shape index (κ1) is 12.0. The second kappa shape index (κ2) is 4.01. The van der Waals surface area contributed by atoms with Crippen LogP contribution >= 0.6 is 0 Å². The summed E-state index contributed by atoms with van der Waals surface area (Å²) in [5.74, 6) is 0.557. The summed E-state index contributed by atoms with van der Waals surface area (Å²) in [5.41, 5.74) is 5.39. The zero-order chi connectivity index (χ0) is 14.8. The second-order valence-electron chi connectivity index (χ2n) is 6.49. The molecular weight excluding hydrogens is 266 g/mol. The van der Waals surface area contributed by atoms with Gasteiger partial charge in [0.15, 0.2) is 0 Å². The summed E-state index contributed by atoms with van der Waals surface area (Å²) < 4.78 is 2.43. The lowest BCUT2D eigenvalue weighted by Gasteiger charge is -2.05. The Kier molecular flexibility index (Phi) is 2.20. The van der Waals surface area contributed by atoms with E-state index in [9.17, 15) is 0 Å². The molecule has 1 heteroatoms. The zero-order valence-electron chi connectivity index (χ0n) is 12.8. The van der Waals surface area contributed by atoms with E-state index in [0.29, 0.717) is 5.92 Å². The molecule has 1 nitrogen and oxygen atoms in total. The Morgan fingerprint density at radius 3 is 2.18 bits per heavy atom. The van der Waals surface area contributed by atoms with Crippen LogP contribution in [0.2, 0.25) is 0 Å². The fourth-order valence-corrected chi connectivity index (χ4v) is 3.81. The molecule has 0 amide bonds. The predicted molar refractivity (Wildman–Crippen MR) is 95.2 cm³/mol. The van der Waals surface area contributed by atoms with Crippen LogP contribution in [0, 0.1) is 0 Å². The zero-order valence-corrected chi connectivity index (χ0v) is 12.8. The van der Waals surface area contributed by atoms with Crippen LogP contribution in [-0.4, -0.2) is 4.40 Å². The fraction of sp³-hybridized carbons (Fsp3) is 0.143. The summed E-state index contributed by atoms with van der Waals surface area (Å²) in [6.45, 7) is 4.51. The van der Waals surface area contributed by atoms with Crippen LogP contribution in [0.25, 0.3) is 38.1 Å². The standard InChI is InChI=1S/C21H17N/c1-13(2)14-10-11-20-18(12-14)17-8-5-7-16-15-6-3-4-9-19(15)22(20)21(16)17/h3-13H,1-2H3. The van der Waals surface area contributed by atoms with Gasteiger partial charge < -0.3 is 4.40 Å². The SMILES string of the molecule is CC(C)c1ccc2c(c1)c1cccc3c4ccccc4n2c31. The van der Waals surface area contributed by atoms with Gasteiger partial charge in [0, 0.05) is 21.5 Å². The van der Waals surface area contributed by atoms with Gasteiger partial charge in [0.25, 0.3) is 0 Å². The molecule has 0 aliphatic heterocycles. The highest BCUT2D eigenvalue weighted by Crippen LogP contribution is 2.39. The number of nitrogens with zero attached hydrogens (tertiary/aromatic N) is 1. The fourth-order valence-electron chi connectivity index (χ4n) is 3.81. The van der Waals surface area contributed by atoms with Crippen LogP contribution in [0.3, 0.4) is 0 Å². The molecule has 0 spiro atoms. The number of hydrogen-bond acceptors (Lipinski definition) is 0. The maximum Gasteiger partial charge on any atom is 0.0620 e. The first-order valence-corrected chi connectivity index (χ1v) is 7.92. The minimum absolute atomic E-state index is 0.557. The third-order valence-electron chi connectivity index (χ3n) is 4.91. The number of para-hydroxylation sites is 2. The van der Waals surface area contributed by atoms with Gasteiger partial charge in [0.2, 0.25) is 0 Å². The number of benzene rings is 3. The Morgan fingerprint density at radius 2 is 1.36 bits per heavy atom. The number of aromatic nitrogens is 1. The molecule has 0 fully saturated rings. The number of hydrogen-bond donors (Lipinski definition) is 0. The molecule has 0 atom stereocenters. The lowest BCUT2D eigenvalue weighted by molar-refractivity contribution is 0.869. The van der Waals surface area contributed by atoms with Crippen molar-refractivity contribution < 1.29 is 0 Å². The quantitative estimate of drug-likeness (QED) is 0.357. The van der Waals surface area contributed by atoms with E-state index in [4.69, 9.17) is 0 Å². The van der Waals surface area contributed by atoms with Gasteiger partial charge in [-0.25, -0.2) is 0 Å². The van der Waals surface area contributed by atoms with Crippen LogP contribution < -0.4 is 0 Å². The van der Waals surface area contributed by atoms with Crippen LogP contribution in [0.15, 0.2) is 60.7 Å². The third-order valence-corrected chi connectivity index (χ3v) is 4.91. The molecule has 0 unspecified atom stereocenters. The molecule has 3 aromatic carbocycles. The Bertz CT molecular complexity index is 1140. The Morgan fingerprint density at radius 1 is 0.682 bits per heavy atom. The van der Waals surface area contributed by atoms with Crippen molar-refractivity contribution in [3.63, 3.8) is 0 Å². The van der Waals surface area contributed by atoms with E-state index in [2.05, 4.69) is 78.9 Å². The molecule has 0 bridgehead atoms. The van der Waals surface area contributed by atoms with Crippen molar-refractivity contribution in [1.29, 1.82) is 0 Å². The van der Waals surface area contributed by atoms with Gasteiger partial charge >= 0.3 is 0 Å². The first-order valence-electron chi connectivity index (χ1n) is 7.92. The van der Waals surface area contributed by atoms with Gasteiger partial charge in [-0.2, -0.15) is 0 Å². The molecule has 0 aliphatic rings. The maximum atomic E-state index is 2.43. The Labute approximate surface area is 129 Å². The molecule has 2 heterocycles. The van der Waals surface area contributed by atoms with E-state index in [0.717, 1.165) is 0 Å². The van der Waals surface area contributed by atoms with E-state index < -0.39 is 0 Å². The highest BCUT2D eigenvalue weighted by atomic mass is 14.9. The largest absolute Gasteiger partial charge is 0.308 e. The highest BCUT2D eigenvalue weighted by Gasteiger charge is 2.16. The van der Waals surface area contributed by atoms with Gasteiger partial charge in [-0.3, -0.25) is 0 Å². The smallest absolute Gasteiger partial charge is 0.0620 e. The second-order valence-corrected chi connectivity index (χ2v) is 6.49. The molecule has 106 valence electrons. The molecule has 0 radical (unpaired) electrons. The molecule has 0 saturated heterocycles. The average molecular weight is 283 g/mol. The van der Waals surface area contributed by atoms with Gasteiger partial charge in [0.1, 0.15) is 0 Å².